The van der Waals surface area contributed by atoms with Crippen LogP contribution in [0.25, 0.3) is 0 Å². The average molecular weight is 255 g/mol. The third-order valence-corrected chi connectivity index (χ3v) is 3.92. The molecule has 0 aromatic carbocycles. The second-order valence-electron chi connectivity index (χ2n) is 5.32. The normalized spacial score (nSPS) is 17.9. The van der Waals surface area contributed by atoms with Gasteiger partial charge in [0.2, 0.25) is 5.91 Å². The Morgan fingerprint density at radius 1 is 1.33 bits per heavy atom. The molecule has 0 aromatic rings. The van der Waals surface area contributed by atoms with Crippen LogP contribution in [0, 0.1) is 0 Å². The number of likely N-dealkylation sites (tertiary alicyclic amines) is 1. The van der Waals surface area contributed by atoms with Crippen LogP contribution >= 0.6 is 0 Å². The molecule has 0 spiro atoms. The zero-order chi connectivity index (χ0) is 13.4. The van der Waals surface area contributed by atoms with Crippen molar-refractivity contribution in [1.29, 1.82) is 0 Å². The first-order valence-corrected chi connectivity index (χ1v) is 7.37. The summed E-state index contributed by atoms with van der Waals surface area (Å²) in [5.41, 5.74) is 5.44. The summed E-state index contributed by atoms with van der Waals surface area (Å²) in [6, 6.07) is 0.438. The van der Waals surface area contributed by atoms with Crippen LogP contribution in [0.5, 0.6) is 0 Å². The maximum absolute atomic E-state index is 11.9. The minimum absolute atomic E-state index is 0.257. The molecule has 0 bridgehead atoms. The fraction of sp³-hybridized carbons (Fsp3) is 0.929. The maximum Gasteiger partial charge on any atom is 0.222 e. The van der Waals surface area contributed by atoms with Crippen LogP contribution in [0.3, 0.4) is 0 Å². The molecular weight excluding hydrogens is 226 g/mol. The third-order valence-electron chi connectivity index (χ3n) is 3.92. The van der Waals surface area contributed by atoms with Gasteiger partial charge in [0.15, 0.2) is 0 Å². The highest BCUT2D eigenvalue weighted by Gasteiger charge is 2.24. The largest absolute Gasteiger partial charge is 0.343 e. The molecule has 0 aromatic heterocycles. The van der Waals surface area contributed by atoms with Gasteiger partial charge in [-0.1, -0.05) is 13.3 Å². The van der Waals surface area contributed by atoms with Crippen LogP contribution in [-0.2, 0) is 4.79 Å². The number of piperidine rings is 1. The van der Waals surface area contributed by atoms with E-state index >= 15 is 0 Å². The number of carbonyl (C=O) groups excluding carboxylic acids is 1. The lowest BCUT2D eigenvalue weighted by atomic mass is 10.0. The number of nitrogens with two attached hydrogens (primary N) is 1. The van der Waals surface area contributed by atoms with Gasteiger partial charge in [-0.25, -0.2) is 0 Å². The summed E-state index contributed by atoms with van der Waals surface area (Å²) in [6.07, 6.45) is 6.19. The standard InChI is InChI=1S/C14H29N3O/c1-3-4-10-17-11-7-13(8-12-17)16(2)14(18)6-5-9-15/h13H,3-12,15H2,1-2H3. The van der Waals surface area contributed by atoms with Crippen LogP contribution in [0.15, 0.2) is 0 Å². The van der Waals surface area contributed by atoms with E-state index in [1.165, 1.54) is 19.4 Å². The predicted octanol–water partition coefficient (Wildman–Crippen LogP) is 1.45. The van der Waals surface area contributed by atoms with Gasteiger partial charge in [0.05, 0.1) is 0 Å². The van der Waals surface area contributed by atoms with Crippen molar-refractivity contribution >= 4 is 5.91 Å². The fourth-order valence-corrected chi connectivity index (χ4v) is 2.55. The first kappa shape index (κ1) is 15.4. The third kappa shape index (κ3) is 4.94. The number of hydrogen-bond acceptors (Lipinski definition) is 3. The lowest BCUT2D eigenvalue weighted by Crippen LogP contribution is -2.45. The highest BCUT2D eigenvalue weighted by molar-refractivity contribution is 5.76. The van der Waals surface area contributed by atoms with Crippen LogP contribution in [0.2, 0.25) is 0 Å². The number of rotatable bonds is 7. The molecule has 1 rings (SSSR count). The molecule has 1 heterocycles. The molecule has 4 nitrogen and oxygen atoms in total. The molecule has 1 aliphatic heterocycles. The Labute approximate surface area is 111 Å². The molecule has 0 aliphatic carbocycles. The summed E-state index contributed by atoms with van der Waals surface area (Å²) in [5.74, 6) is 0.257. The van der Waals surface area contributed by atoms with Crippen molar-refractivity contribution in [3.63, 3.8) is 0 Å². The number of carbonyl (C=O) groups is 1. The van der Waals surface area contributed by atoms with E-state index in [9.17, 15) is 4.79 Å². The first-order valence-electron chi connectivity index (χ1n) is 7.37. The van der Waals surface area contributed by atoms with Crippen LogP contribution < -0.4 is 5.73 Å². The van der Waals surface area contributed by atoms with Gasteiger partial charge in [-0.05, 0) is 38.8 Å². The second kappa shape index (κ2) is 8.48. The first-order chi connectivity index (χ1) is 8.69. The van der Waals surface area contributed by atoms with Gasteiger partial charge in [-0.15, -0.1) is 0 Å². The number of hydrogen-bond donors (Lipinski definition) is 1. The SMILES string of the molecule is CCCCN1CCC(N(C)C(=O)CCCN)CC1. The number of nitrogens with zero attached hydrogens (tertiary/aromatic N) is 2. The Bertz CT molecular complexity index is 237. The minimum atomic E-state index is 0.257. The smallest absolute Gasteiger partial charge is 0.222 e. The molecule has 0 unspecified atom stereocenters. The highest BCUT2D eigenvalue weighted by Crippen LogP contribution is 2.16. The van der Waals surface area contributed by atoms with Crippen molar-refractivity contribution in [2.45, 2.75) is 51.5 Å². The van der Waals surface area contributed by atoms with Gasteiger partial charge in [-0.3, -0.25) is 4.79 Å². The highest BCUT2D eigenvalue weighted by atomic mass is 16.2. The zero-order valence-electron chi connectivity index (χ0n) is 12.0. The molecule has 106 valence electrons. The van der Waals surface area contributed by atoms with Crippen molar-refractivity contribution in [1.82, 2.24) is 9.80 Å². The van der Waals surface area contributed by atoms with Gasteiger partial charge in [0.1, 0.15) is 0 Å². The van der Waals surface area contributed by atoms with Crippen molar-refractivity contribution in [3.8, 4) is 0 Å². The Morgan fingerprint density at radius 3 is 2.56 bits per heavy atom. The Morgan fingerprint density at radius 2 is 2.00 bits per heavy atom. The van der Waals surface area contributed by atoms with Gasteiger partial charge < -0.3 is 15.5 Å². The number of amides is 1. The van der Waals surface area contributed by atoms with Gasteiger partial charge in [0.25, 0.3) is 0 Å². The summed E-state index contributed by atoms with van der Waals surface area (Å²) in [6.45, 7) is 6.33. The van der Waals surface area contributed by atoms with E-state index in [0.717, 1.165) is 32.4 Å². The van der Waals surface area contributed by atoms with E-state index < -0.39 is 0 Å². The Balaban J connectivity index is 2.26. The van der Waals surface area contributed by atoms with Gasteiger partial charge in [0, 0.05) is 32.6 Å². The number of unbranched alkanes of at least 4 members (excludes halogenated alkanes) is 1. The molecule has 2 N–H and O–H groups in total. The quantitative estimate of drug-likeness (QED) is 0.749. The van der Waals surface area contributed by atoms with E-state index in [1.54, 1.807) is 0 Å². The maximum atomic E-state index is 11.9. The summed E-state index contributed by atoms with van der Waals surface area (Å²) in [7, 11) is 1.95. The molecular formula is C14H29N3O. The van der Waals surface area contributed by atoms with Gasteiger partial charge >= 0.3 is 0 Å². The predicted molar refractivity (Wildman–Crippen MR) is 75.4 cm³/mol. The molecule has 1 fully saturated rings. The topological polar surface area (TPSA) is 49.6 Å². The molecule has 1 amide bonds. The average Bonchev–Trinajstić information content (AvgIpc) is 2.42. The Hall–Kier alpha value is -0.610. The summed E-state index contributed by atoms with van der Waals surface area (Å²) in [5, 5.41) is 0. The summed E-state index contributed by atoms with van der Waals surface area (Å²) in [4.78, 5) is 16.4. The lowest BCUT2D eigenvalue weighted by molar-refractivity contribution is -0.132. The molecule has 1 aliphatic rings. The molecule has 18 heavy (non-hydrogen) atoms. The second-order valence-corrected chi connectivity index (χ2v) is 5.32. The Kier molecular flexibility index (Phi) is 7.28. The van der Waals surface area contributed by atoms with Crippen molar-refractivity contribution in [2.24, 2.45) is 5.73 Å². The molecule has 4 heteroatoms. The van der Waals surface area contributed by atoms with E-state index in [4.69, 9.17) is 5.73 Å². The van der Waals surface area contributed by atoms with Crippen LogP contribution in [0.4, 0.5) is 0 Å². The molecule has 0 saturated carbocycles. The van der Waals surface area contributed by atoms with Crippen molar-refractivity contribution in [3.05, 3.63) is 0 Å². The van der Waals surface area contributed by atoms with Crippen LogP contribution in [-0.4, -0.2) is 55.0 Å². The molecule has 1 saturated heterocycles. The molecule has 0 atom stereocenters. The lowest BCUT2D eigenvalue weighted by Gasteiger charge is -2.36. The van der Waals surface area contributed by atoms with Crippen molar-refractivity contribution < 1.29 is 4.79 Å². The monoisotopic (exact) mass is 255 g/mol. The van der Waals surface area contributed by atoms with E-state index in [0.29, 0.717) is 19.0 Å². The zero-order valence-corrected chi connectivity index (χ0v) is 12.0. The van der Waals surface area contributed by atoms with Gasteiger partial charge in [-0.2, -0.15) is 0 Å². The van der Waals surface area contributed by atoms with E-state index in [-0.39, 0.29) is 5.91 Å². The molecule has 0 radical (unpaired) electrons. The van der Waals surface area contributed by atoms with E-state index in [2.05, 4.69) is 11.8 Å². The summed E-state index contributed by atoms with van der Waals surface area (Å²) >= 11 is 0. The van der Waals surface area contributed by atoms with Crippen LogP contribution in [0.1, 0.15) is 45.4 Å². The minimum Gasteiger partial charge on any atom is -0.343 e. The summed E-state index contributed by atoms with van der Waals surface area (Å²) < 4.78 is 0. The fourth-order valence-electron chi connectivity index (χ4n) is 2.55. The van der Waals surface area contributed by atoms with E-state index in [1.807, 2.05) is 11.9 Å². The van der Waals surface area contributed by atoms with Crippen molar-refractivity contribution in [2.75, 3.05) is 33.2 Å².